The molecule has 132 valence electrons. The first-order chi connectivity index (χ1) is 12.3. The fourth-order valence-corrected chi connectivity index (χ4v) is 3.82. The predicted molar refractivity (Wildman–Crippen MR) is 92.8 cm³/mol. The molecule has 2 aliphatic heterocycles. The number of likely N-dealkylation sites (tertiary alicyclic amines) is 1. The van der Waals surface area contributed by atoms with Crippen molar-refractivity contribution in [3.8, 4) is 0 Å². The van der Waals surface area contributed by atoms with Gasteiger partial charge in [-0.15, -0.1) is 5.10 Å². The Balaban J connectivity index is 1.24. The lowest BCUT2D eigenvalue weighted by Gasteiger charge is -2.41. The molecule has 1 fully saturated rings. The number of nitrogens with zero attached hydrogens (tertiary/aromatic N) is 4. The van der Waals surface area contributed by atoms with Gasteiger partial charge < -0.3 is 9.64 Å². The third kappa shape index (κ3) is 3.58. The Hall–Kier alpha value is -2.21. The molecule has 6 nitrogen and oxygen atoms in total. The Labute approximate surface area is 147 Å². The highest BCUT2D eigenvalue weighted by molar-refractivity contribution is 5.76. The molecular formula is C19H24N4O2. The van der Waals surface area contributed by atoms with Crippen LogP contribution in [0.1, 0.15) is 43.0 Å². The summed E-state index contributed by atoms with van der Waals surface area (Å²) >= 11 is 0. The zero-order valence-electron chi connectivity index (χ0n) is 14.4. The molecule has 0 aliphatic carbocycles. The van der Waals surface area contributed by atoms with Gasteiger partial charge in [-0.25, -0.2) is 4.68 Å². The average Bonchev–Trinajstić information content (AvgIpc) is 3.14. The average molecular weight is 340 g/mol. The second-order valence-corrected chi connectivity index (χ2v) is 6.91. The smallest absolute Gasteiger partial charge is 0.222 e. The van der Waals surface area contributed by atoms with Gasteiger partial charge in [0.15, 0.2) is 0 Å². The maximum Gasteiger partial charge on any atom is 0.222 e. The van der Waals surface area contributed by atoms with E-state index in [0.717, 1.165) is 37.9 Å². The van der Waals surface area contributed by atoms with Crippen LogP contribution in [0.25, 0.3) is 0 Å². The van der Waals surface area contributed by atoms with E-state index in [1.165, 1.54) is 5.56 Å². The van der Waals surface area contributed by atoms with Gasteiger partial charge in [-0.2, -0.15) is 0 Å². The van der Waals surface area contributed by atoms with Gasteiger partial charge in [0, 0.05) is 19.5 Å². The first-order valence-electron chi connectivity index (χ1n) is 9.13. The summed E-state index contributed by atoms with van der Waals surface area (Å²) in [5.74, 6) is 0.250. The van der Waals surface area contributed by atoms with E-state index in [1.54, 1.807) is 6.20 Å². The van der Waals surface area contributed by atoms with Crippen molar-refractivity contribution in [1.29, 1.82) is 0 Å². The number of rotatable bonds is 5. The van der Waals surface area contributed by atoms with Crippen molar-refractivity contribution in [3.05, 3.63) is 47.8 Å². The molecule has 0 bridgehead atoms. The van der Waals surface area contributed by atoms with E-state index >= 15 is 0 Å². The van der Waals surface area contributed by atoms with Crippen LogP contribution in [0.4, 0.5) is 0 Å². The molecule has 0 N–H and O–H groups in total. The summed E-state index contributed by atoms with van der Waals surface area (Å²) in [6.07, 6.45) is 6.34. The standard InChI is InChI=1S/C19H24N4O2/c24-19(9-5-4-8-15-6-2-1-3-7-15)22-11-10-17-18(13-22)25-14-16-12-20-21-23(16)17/h1-3,6-7,12,17-18H,4-5,8-11,13-14H2/t17-,18-/m0/s1. The van der Waals surface area contributed by atoms with Gasteiger partial charge in [0.05, 0.1) is 30.6 Å². The Morgan fingerprint density at radius 2 is 2.12 bits per heavy atom. The van der Waals surface area contributed by atoms with Crippen molar-refractivity contribution in [1.82, 2.24) is 19.9 Å². The van der Waals surface area contributed by atoms with Crippen LogP contribution in [0.15, 0.2) is 36.5 Å². The monoisotopic (exact) mass is 340 g/mol. The molecular weight excluding hydrogens is 316 g/mol. The van der Waals surface area contributed by atoms with Crippen LogP contribution in [0.2, 0.25) is 0 Å². The zero-order valence-corrected chi connectivity index (χ0v) is 14.4. The zero-order chi connectivity index (χ0) is 17.1. The van der Waals surface area contributed by atoms with Crippen molar-refractivity contribution >= 4 is 5.91 Å². The number of ether oxygens (including phenoxy) is 1. The van der Waals surface area contributed by atoms with Crippen LogP contribution in [0.5, 0.6) is 0 Å². The summed E-state index contributed by atoms with van der Waals surface area (Å²) in [7, 11) is 0. The number of unbranched alkanes of at least 4 members (excludes halogenated alkanes) is 1. The first-order valence-corrected chi connectivity index (χ1v) is 9.13. The van der Waals surface area contributed by atoms with Crippen LogP contribution in [0.3, 0.4) is 0 Å². The number of aryl methyl sites for hydroxylation is 1. The number of benzene rings is 1. The van der Waals surface area contributed by atoms with Gasteiger partial charge >= 0.3 is 0 Å². The van der Waals surface area contributed by atoms with Crippen LogP contribution in [-0.4, -0.2) is 45.0 Å². The topological polar surface area (TPSA) is 60.3 Å². The second kappa shape index (κ2) is 7.35. The SMILES string of the molecule is O=C(CCCCc1ccccc1)N1CC[C@H]2[C@H](C1)OCc1cnnn12. The van der Waals surface area contributed by atoms with Crippen LogP contribution >= 0.6 is 0 Å². The third-order valence-electron chi connectivity index (χ3n) is 5.23. The Morgan fingerprint density at radius 1 is 1.24 bits per heavy atom. The molecule has 0 saturated carbocycles. The highest BCUT2D eigenvalue weighted by Gasteiger charge is 2.37. The fraction of sp³-hybridized carbons (Fsp3) is 0.526. The minimum atomic E-state index is 0.0382. The number of carbonyl (C=O) groups excluding carboxylic acids is 1. The van der Waals surface area contributed by atoms with E-state index < -0.39 is 0 Å². The lowest BCUT2D eigenvalue weighted by Crippen LogP contribution is -2.50. The number of hydrogen-bond donors (Lipinski definition) is 0. The summed E-state index contributed by atoms with van der Waals surface area (Å²) in [6, 6.07) is 10.7. The maximum atomic E-state index is 12.5. The van der Waals surface area contributed by atoms with E-state index in [-0.39, 0.29) is 18.1 Å². The van der Waals surface area contributed by atoms with Crippen molar-refractivity contribution in [3.63, 3.8) is 0 Å². The van der Waals surface area contributed by atoms with Gasteiger partial charge in [0.1, 0.15) is 0 Å². The molecule has 2 aromatic rings. The van der Waals surface area contributed by atoms with Gasteiger partial charge in [-0.1, -0.05) is 35.5 Å². The first kappa shape index (κ1) is 16.3. The largest absolute Gasteiger partial charge is 0.368 e. The molecule has 0 radical (unpaired) electrons. The second-order valence-electron chi connectivity index (χ2n) is 6.91. The minimum Gasteiger partial charge on any atom is -0.368 e. The number of fused-ring (bicyclic) bond motifs is 3. The number of hydrogen-bond acceptors (Lipinski definition) is 4. The molecule has 1 aromatic carbocycles. The third-order valence-corrected chi connectivity index (χ3v) is 5.23. The normalized spacial score (nSPS) is 22.3. The minimum absolute atomic E-state index is 0.0382. The molecule has 1 saturated heterocycles. The quantitative estimate of drug-likeness (QED) is 0.784. The van der Waals surface area contributed by atoms with Crippen molar-refractivity contribution < 1.29 is 9.53 Å². The van der Waals surface area contributed by atoms with E-state index in [4.69, 9.17) is 4.74 Å². The summed E-state index contributed by atoms with van der Waals surface area (Å²) in [4.78, 5) is 14.5. The number of aromatic nitrogens is 3. The molecule has 6 heteroatoms. The predicted octanol–water partition coefficient (Wildman–Crippen LogP) is 2.36. The van der Waals surface area contributed by atoms with Gasteiger partial charge in [-0.3, -0.25) is 4.79 Å². The van der Waals surface area contributed by atoms with E-state index in [1.807, 2.05) is 15.6 Å². The van der Waals surface area contributed by atoms with Crippen LogP contribution < -0.4 is 0 Å². The Bertz CT molecular complexity index is 715. The molecule has 3 heterocycles. The highest BCUT2D eigenvalue weighted by atomic mass is 16.5. The molecule has 0 spiro atoms. The lowest BCUT2D eigenvalue weighted by molar-refractivity contribution is -0.139. The molecule has 2 aliphatic rings. The molecule has 0 unspecified atom stereocenters. The number of piperidine rings is 1. The van der Waals surface area contributed by atoms with Crippen molar-refractivity contribution in [2.45, 2.75) is 50.9 Å². The Morgan fingerprint density at radius 3 is 3.00 bits per heavy atom. The summed E-state index contributed by atoms with van der Waals surface area (Å²) in [5, 5.41) is 8.16. The molecule has 1 amide bonds. The summed E-state index contributed by atoms with van der Waals surface area (Å²) in [6.45, 7) is 1.98. The van der Waals surface area contributed by atoms with Crippen LogP contribution in [0, 0.1) is 0 Å². The maximum absolute atomic E-state index is 12.5. The highest BCUT2D eigenvalue weighted by Crippen LogP contribution is 2.30. The van der Waals surface area contributed by atoms with E-state index in [0.29, 0.717) is 19.6 Å². The van der Waals surface area contributed by atoms with Crippen molar-refractivity contribution in [2.75, 3.05) is 13.1 Å². The summed E-state index contributed by atoms with van der Waals surface area (Å²) in [5.41, 5.74) is 2.37. The fourth-order valence-electron chi connectivity index (χ4n) is 3.82. The molecule has 2 atom stereocenters. The van der Waals surface area contributed by atoms with Crippen LogP contribution in [-0.2, 0) is 22.6 Å². The molecule has 4 rings (SSSR count). The lowest BCUT2D eigenvalue weighted by atomic mass is 9.99. The molecule has 25 heavy (non-hydrogen) atoms. The van der Waals surface area contributed by atoms with E-state index in [2.05, 4.69) is 34.6 Å². The van der Waals surface area contributed by atoms with Gasteiger partial charge in [0.2, 0.25) is 5.91 Å². The van der Waals surface area contributed by atoms with Gasteiger partial charge in [0.25, 0.3) is 0 Å². The summed E-state index contributed by atoms with van der Waals surface area (Å²) < 4.78 is 7.92. The molecule has 1 aromatic heterocycles. The van der Waals surface area contributed by atoms with Crippen molar-refractivity contribution in [2.24, 2.45) is 0 Å². The van der Waals surface area contributed by atoms with Gasteiger partial charge in [-0.05, 0) is 31.2 Å². The number of amides is 1. The number of carbonyl (C=O) groups is 1. The Kier molecular flexibility index (Phi) is 4.78. The van der Waals surface area contributed by atoms with E-state index in [9.17, 15) is 4.79 Å².